The molecule has 0 amide bonds. The average molecular weight is 277 g/mol. The molecule has 104 valence electrons. The minimum Gasteiger partial charge on any atom is -0.304 e. The summed E-state index contributed by atoms with van der Waals surface area (Å²) >= 11 is 0. The van der Waals surface area contributed by atoms with Crippen LogP contribution in [0.5, 0.6) is 0 Å². The standard InChI is InChI=1S/C16H15N5/c1-11-14-15(12-6-5-9-17-10-12)18-19-16(14)21(20-11)13-7-3-2-4-8-13/h2-10,15,18-19H,1H3/t15-/m0/s1. The van der Waals surface area contributed by atoms with Gasteiger partial charge in [0.15, 0.2) is 0 Å². The fourth-order valence-corrected chi connectivity index (χ4v) is 2.77. The normalized spacial score (nSPS) is 16.5. The first kappa shape index (κ1) is 12.1. The Labute approximate surface area is 122 Å². The van der Waals surface area contributed by atoms with Crippen LogP contribution in [0.3, 0.4) is 0 Å². The van der Waals surface area contributed by atoms with Crippen LogP contribution in [-0.4, -0.2) is 14.8 Å². The molecule has 3 heterocycles. The largest absolute Gasteiger partial charge is 0.304 e. The van der Waals surface area contributed by atoms with E-state index >= 15 is 0 Å². The third-order valence-corrected chi connectivity index (χ3v) is 3.75. The molecule has 5 nitrogen and oxygen atoms in total. The SMILES string of the molecule is Cc1nn(-c2ccccc2)c2c1[C@H](c1cccnc1)NN2. The second kappa shape index (κ2) is 4.71. The topological polar surface area (TPSA) is 54.8 Å². The van der Waals surface area contributed by atoms with Crippen LogP contribution in [0.1, 0.15) is 22.9 Å². The lowest BCUT2D eigenvalue weighted by molar-refractivity contribution is 0.706. The summed E-state index contributed by atoms with van der Waals surface area (Å²) in [7, 11) is 0. The molecule has 0 saturated carbocycles. The molecule has 1 aliphatic rings. The van der Waals surface area contributed by atoms with Crippen molar-refractivity contribution in [3.63, 3.8) is 0 Å². The Bertz CT molecular complexity index is 764. The zero-order valence-corrected chi connectivity index (χ0v) is 11.6. The molecular weight excluding hydrogens is 262 g/mol. The maximum Gasteiger partial charge on any atom is 0.149 e. The lowest BCUT2D eigenvalue weighted by atomic mass is 10.0. The van der Waals surface area contributed by atoms with Gasteiger partial charge in [0.05, 0.1) is 17.4 Å². The molecule has 1 atom stereocenters. The number of hydrogen-bond acceptors (Lipinski definition) is 4. The van der Waals surface area contributed by atoms with E-state index in [0.717, 1.165) is 22.8 Å². The van der Waals surface area contributed by atoms with Gasteiger partial charge in [-0.25, -0.2) is 10.1 Å². The number of nitrogens with zero attached hydrogens (tertiary/aromatic N) is 3. The number of hydrogen-bond donors (Lipinski definition) is 2. The highest BCUT2D eigenvalue weighted by atomic mass is 15.5. The van der Waals surface area contributed by atoms with Crippen LogP contribution in [0, 0.1) is 6.92 Å². The Balaban J connectivity index is 1.83. The van der Waals surface area contributed by atoms with E-state index in [0.29, 0.717) is 0 Å². The van der Waals surface area contributed by atoms with Gasteiger partial charge in [0.25, 0.3) is 0 Å². The fourth-order valence-electron chi connectivity index (χ4n) is 2.77. The first-order valence-electron chi connectivity index (χ1n) is 6.91. The van der Waals surface area contributed by atoms with Crippen LogP contribution >= 0.6 is 0 Å². The van der Waals surface area contributed by atoms with Crippen molar-refractivity contribution in [1.29, 1.82) is 0 Å². The van der Waals surface area contributed by atoms with Crippen molar-refractivity contribution in [3.05, 3.63) is 71.7 Å². The molecule has 2 aromatic heterocycles. The molecule has 5 heteroatoms. The van der Waals surface area contributed by atoms with E-state index in [1.54, 1.807) is 6.20 Å². The average Bonchev–Trinajstić information content (AvgIpc) is 3.11. The number of fused-ring (bicyclic) bond motifs is 1. The number of nitrogens with one attached hydrogen (secondary N) is 2. The van der Waals surface area contributed by atoms with E-state index in [1.807, 2.05) is 54.2 Å². The lowest BCUT2D eigenvalue weighted by Crippen LogP contribution is -2.22. The minimum absolute atomic E-state index is 0.0752. The number of rotatable bonds is 2. The van der Waals surface area contributed by atoms with E-state index in [2.05, 4.69) is 27.0 Å². The number of aryl methyl sites for hydroxylation is 1. The first-order chi connectivity index (χ1) is 10.3. The summed E-state index contributed by atoms with van der Waals surface area (Å²) in [4.78, 5) is 4.20. The Morgan fingerprint density at radius 3 is 2.71 bits per heavy atom. The molecule has 0 unspecified atom stereocenters. The predicted molar refractivity (Wildman–Crippen MR) is 81.1 cm³/mol. The summed E-state index contributed by atoms with van der Waals surface area (Å²) in [6, 6.07) is 14.2. The molecule has 0 saturated heterocycles. The number of hydrazine groups is 1. The molecule has 0 fully saturated rings. The highest BCUT2D eigenvalue weighted by molar-refractivity contribution is 5.59. The summed E-state index contributed by atoms with van der Waals surface area (Å²) in [6.07, 6.45) is 3.67. The molecule has 0 aliphatic carbocycles. The van der Waals surface area contributed by atoms with Crippen molar-refractivity contribution in [1.82, 2.24) is 20.2 Å². The lowest BCUT2D eigenvalue weighted by Gasteiger charge is -2.10. The van der Waals surface area contributed by atoms with Crippen LogP contribution in [0.15, 0.2) is 54.9 Å². The van der Waals surface area contributed by atoms with Gasteiger partial charge >= 0.3 is 0 Å². The molecule has 3 aromatic rings. The van der Waals surface area contributed by atoms with Gasteiger partial charge in [-0.05, 0) is 30.7 Å². The van der Waals surface area contributed by atoms with E-state index in [1.165, 1.54) is 5.56 Å². The molecule has 21 heavy (non-hydrogen) atoms. The zero-order chi connectivity index (χ0) is 14.2. The van der Waals surface area contributed by atoms with Gasteiger partial charge in [-0.15, -0.1) is 0 Å². The second-order valence-electron chi connectivity index (χ2n) is 5.08. The molecule has 1 aromatic carbocycles. The Morgan fingerprint density at radius 2 is 1.95 bits per heavy atom. The van der Waals surface area contributed by atoms with Crippen LogP contribution in [0.25, 0.3) is 5.69 Å². The summed E-state index contributed by atoms with van der Waals surface area (Å²) < 4.78 is 1.94. The first-order valence-corrected chi connectivity index (χ1v) is 6.91. The van der Waals surface area contributed by atoms with Crippen molar-refractivity contribution in [2.45, 2.75) is 13.0 Å². The third-order valence-electron chi connectivity index (χ3n) is 3.75. The number of para-hydroxylation sites is 1. The number of benzene rings is 1. The second-order valence-corrected chi connectivity index (χ2v) is 5.08. The van der Waals surface area contributed by atoms with Crippen molar-refractivity contribution in [2.75, 3.05) is 5.43 Å². The summed E-state index contributed by atoms with van der Waals surface area (Å²) in [5.41, 5.74) is 10.9. The summed E-state index contributed by atoms with van der Waals surface area (Å²) in [5.74, 6) is 0.993. The van der Waals surface area contributed by atoms with E-state index in [-0.39, 0.29) is 6.04 Å². The quantitative estimate of drug-likeness (QED) is 0.756. The molecule has 0 spiro atoms. The van der Waals surface area contributed by atoms with Gasteiger partial charge in [-0.1, -0.05) is 24.3 Å². The van der Waals surface area contributed by atoms with Gasteiger partial charge in [0.1, 0.15) is 5.82 Å². The van der Waals surface area contributed by atoms with E-state index in [9.17, 15) is 0 Å². The van der Waals surface area contributed by atoms with Gasteiger partial charge < -0.3 is 5.43 Å². The van der Waals surface area contributed by atoms with Crippen LogP contribution in [0.2, 0.25) is 0 Å². The van der Waals surface area contributed by atoms with Gasteiger partial charge in [-0.3, -0.25) is 4.98 Å². The third kappa shape index (κ3) is 1.90. The van der Waals surface area contributed by atoms with Gasteiger partial charge in [0, 0.05) is 18.0 Å². The molecule has 2 N–H and O–H groups in total. The van der Waals surface area contributed by atoms with Crippen molar-refractivity contribution in [3.8, 4) is 5.69 Å². The highest BCUT2D eigenvalue weighted by Gasteiger charge is 2.30. The number of anilines is 1. The smallest absolute Gasteiger partial charge is 0.149 e. The van der Waals surface area contributed by atoms with Gasteiger partial charge in [0.2, 0.25) is 0 Å². The van der Waals surface area contributed by atoms with Gasteiger partial charge in [-0.2, -0.15) is 5.10 Å². The Morgan fingerprint density at radius 1 is 1.10 bits per heavy atom. The predicted octanol–water partition coefficient (Wildman–Crippen LogP) is 2.60. The van der Waals surface area contributed by atoms with Crippen molar-refractivity contribution < 1.29 is 0 Å². The van der Waals surface area contributed by atoms with Crippen LogP contribution in [-0.2, 0) is 0 Å². The van der Waals surface area contributed by atoms with Crippen molar-refractivity contribution in [2.24, 2.45) is 0 Å². The summed E-state index contributed by atoms with van der Waals surface area (Å²) in [5, 5.41) is 4.67. The summed E-state index contributed by atoms with van der Waals surface area (Å²) in [6.45, 7) is 2.04. The molecular formula is C16H15N5. The monoisotopic (exact) mass is 277 g/mol. The maximum absolute atomic E-state index is 4.67. The maximum atomic E-state index is 4.67. The minimum atomic E-state index is 0.0752. The highest BCUT2D eigenvalue weighted by Crippen LogP contribution is 2.36. The fraction of sp³-hybridized carbons (Fsp3) is 0.125. The number of pyridine rings is 1. The number of aromatic nitrogens is 3. The Hall–Kier alpha value is -2.66. The van der Waals surface area contributed by atoms with Crippen molar-refractivity contribution >= 4 is 5.82 Å². The molecule has 1 aliphatic heterocycles. The molecule has 4 rings (SSSR count). The molecule has 0 bridgehead atoms. The van der Waals surface area contributed by atoms with Crippen LogP contribution in [0.4, 0.5) is 5.82 Å². The zero-order valence-electron chi connectivity index (χ0n) is 11.6. The molecule has 0 radical (unpaired) electrons. The Kier molecular flexibility index (Phi) is 2.72. The van der Waals surface area contributed by atoms with E-state index in [4.69, 9.17) is 0 Å². The van der Waals surface area contributed by atoms with E-state index < -0.39 is 0 Å². The van der Waals surface area contributed by atoms with Crippen LogP contribution < -0.4 is 10.9 Å².